The van der Waals surface area contributed by atoms with Gasteiger partial charge in [0, 0.05) is 20.8 Å². The number of hydrogen-bond acceptors (Lipinski definition) is 3. The van der Waals surface area contributed by atoms with Crippen LogP contribution in [0.1, 0.15) is 23.4 Å². The fourth-order valence-electron chi connectivity index (χ4n) is 1.65. The molecular formula is C14H15BrClNOS. The van der Waals surface area contributed by atoms with Crippen LogP contribution in [0.4, 0.5) is 0 Å². The number of rotatable bonds is 5. The first kappa shape index (κ1) is 14.9. The normalized spacial score (nSPS) is 12.4. The number of ether oxygens (including phenoxy) is 1. The SMILES string of the molecule is CNC(C)c1ccc(OCc2cc(Br)cs2)c(Cl)c1. The molecule has 0 radical (unpaired) electrons. The third-order valence-corrected chi connectivity index (χ3v) is 4.85. The van der Waals surface area contributed by atoms with Gasteiger partial charge in [0.2, 0.25) is 0 Å². The maximum Gasteiger partial charge on any atom is 0.138 e. The van der Waals surface area contributed by atoms with Crippen molar-refractivity contribution in [3.8, 4) is 5.75 Å². The van der Waals surface area contributed by atoms with E-state index in [9.17, 15) is 0 Å². The Morgan fingerprint density at radius 1 is 1.42 bits per heavy atom. The van der Waals surface area contributed by atoms with Crippen LogP contribution in [-0.2, 0) is 6.61 Å². The maximum absolute atomic E-state index is 6.24. The van der Waals surface area contributed by atoms with E-state index >= 15 is 0 Å². The molecule has 1 N–H and O–H groups in total. The van der Waals surface area contributed by atoms with Crippen molar-refractivity contribution < 1.29 is 4.74 Å². The molecule has 2 nitrogen and oxygen atoms in total. The van der Waals surface area contributed by atoms with Crippen LogP contribution in [0.15, 0.2) is 34.1 Å². The van der Waals surface area contributed by atoms with Crippen molar-refractivity contribution in [2.45, 2.75) is 19.6 Å². The molecule has 1 heterocycles. The Morgan fingerprint density at radius 2 is 2.21 bits per heavy atom. The van der Waals surface area contributed by atoms with Gasteiger partial charge in [0.05, 0.1) is 5.02 Å². The van der Waals surface area contributed by atoms with E-state index in [0.29, 0.717) is 11.6 Å². The molecule has 0 aliphatic heterocycles. The third-order valence-electron chi connectivity index (χ3n) is 2.88. The van der Waals surface area contributed by atoms with Crippen molar-refractivity contribution in [2.75, 3.05) is 7.05 Å². The molecule has 0 saturated carbocycles. The largest absolute Gasteiger partial charge is 0.487 e. The first-order chi connectivity index (χ1) is 9.10. The van der Waals surface area contributed by atoms with Crippen molar-refractivity contribution >= 4 is 38.9 Å². The second-order valence-corrected chi connectivity index (χ2v) is 6.54. The summed E-state index contributed by atoms with van der Waals surface area (Å²) in [5.74, 6) is 0.721. The minimum Gasteiger partial charge on any atom is -0.487 e. The number of halogens is 2. The number of thiophene rings is 1. The van der Waals surface area contributed by atoms with Crippen LogP contribution >= 0.6 is 38.9 Å². The molecule has 19 heavy (non-hydrogen) atoms. The Bertz CT molecular complexity index is 558. The summed E-state index contributed by atoms with van der Waals surface area (Å²) in [4.78, 5) is 1.16. The standard InChI is InChI=1S/C14H15BrClNOS/c1-9(17-2)10-3-4-14(13(16)5-10)18-7-12-6-11(15)8-19-12/h3-6,8-9,17H,7H2,1-2H3. The fourth-order valence-corrected chi connectivity index (χ4v) is 3.25. The van der Waals surface area contributed by atoms with E-state index in [2.05, 4.69) is 34.2 Å². The Kier molecular flexibility index (Phi) is 5.28. The zero-order valence-electron chi connectivity index (χ0n) is 10.7. The molecule has 0 spiro atoms. The van der Waals surface area contributed by atoms with Crippen LogP contribution in [0.5, 0.6) is 5.75 Å². The predicted molar refractivity (Wildman–Crippen MR) is 85.3 cm³/mol. The van der Waals surface area contributed by atoms with Gasteiger partial charge in [-0.3, -0.25) is 0 Å². The summed E-state index contributed by atoms with van der Waals surface area (Å²) in [5.41, 5.74) is 1.15. The van der Waals surface area contributed by atoms with Gasteiger partial charge in [-0.1, -0.05) is 17.7 Å². The van der Waals surface area contributed by atoms with Crippen LogP contribution in [0.25, 0.3) is 0 Å². The highest BCUT2D eigenvalue weighted by atomic mass is 79.9. The van der Waals surface area contributed by atoms with E-state index in [1.165, 1.54) is 0 Å². The van der Waals surface area contributed by atoms with Crippen LogP contribution < -0.4 is 10.1 Å². The van der Waals surface area contributed by atoms with E-state index in [4.69, 9.17) is 16.3 Å². The quantitative estimate of drug-likeness (QED) is 0.808. The summed E-state index contributed by atoms with van der Waals surface area (Å²) in [6.45, 7) is 2.63. The van der Waals surface area contributed by atoms with Gasteiger partial charge in [-0.25, -0.2) is 0 Å². The van der Waals surface area contributed by atoms with Crippen molar-refractivity contribution in [2.24, 2.45) is 0 Å². The van der Waals surface area contributed by atoms with Crippen LogP contribution in [0.3, 0.4) is 0 Å². The smallest absolute Gasteiger partial charge is 0.138 e. The summed E-state index contributed by atoms with van der Waals surface area (Å²) < 4.78 is 6.83. The highest BCUT2D eigenvalue weighted by Crippen LogP contribution is 2.29. The Balaban J connectivity index is 2.05. The van der Waals surface area contributed by atoms with E-state index in [1.54, 1.807) is 11.3 Å². The average Bonchev–Trinajstić information content (AvgIpc) is 2.82. The van der Waals surface area contributed by atoms with Gasteiger partial charge < -0.3 is 10.1 Å². The van der Waals surface area contributed by atoms with Gasteiger partial charge in [-0.15, -0.1) is 11.3 Å². The third kappa shape index (κ3) is 3.96. The fraction of sp³-hybridized carbons (Fsp3) is 0.286. The average molecular weight is 361 g/mol. The predicted octanol–water partition coefficient (Wildman–Crippen LogP) is 5.02. The van der Waals surface area contributed by atoms with Crippen LogP contribution in [-0.4, -0.2) is 7.05 Å². The lowest BCUT2D eigenvalue weighted by Gasteiger charge is -2.13. The van der Waals surface area contributed by atoms with Gasteiger partial charge in [-0.2, -0.15) is 0 Å². The minimum absolute atomic E-state index is 0.278. The van der Waals surface area contributed by atoms with Gasteiger partial charge >= 0.3 is 0 Å². The number of benzene rings is 1. The topological polar surface area (TPSA) is 21.3 Å². The van der Waals surface area contributed by atoms with Crippen molar-refractivity contribution in [1.29, 1.82) is 0 Å². The van der Waals surface area contributed by atoms with Gasteiger partial charge in [0.1, 0.15) is 12.4 Å². The van der Waals surface area contributed by atoms with E-state index in [1.807, 2.05) is 30.6 Å². The molecule has 1 unspecified atom stereocenters. The summed E-state index contributed by atoms with van der Waals surface area (Å²) in [6, 6.07) is 8.24. The monoisotopic (exact) mass is 359 g/mol. The summed E-state index contributed by atoms with van der Waals surface area (Å²) in [5, 5.41) is 5.87. The highest BCUT2D eigenvalue weighted by molar-refractivity contribution is 9.10. The molecule has 0 fully saturated rings. The molecule has 1 aromatic heterocycles. The molecular weight excluding hydrogens is 346 g/mol. The maximum atomic E-state index is 6.24. The highest BCUT2D eigenvalue weighted by Gasteiger charge is 2.08. The van der Waals surface area contributed by atoms with Crippen molar-refractivity contribution in [3.63, 3.8) is 0 Å². The van der Waals surface area contributed by atoms with E-state index < -0.39 is 0 Å². The molecule has 5 heteroatoms. The van der Waals surface area contributed by atoms with Gasteiger partial charge in [-0.05, 0) is 53.7 Å². The number of hydrogen-bond donors (Lipinski definition) is 1. The van der Waals surface area contributed by atoms with Gasteiger partial charge in [0.25, 0.3) is 0 Å². The number of nitrogens with one attached hydrogen (secondary N) is 1. The lowest BCUT2D eigenvalue weighted by atomic mass is 10.1. The van der Waals surface area contributed by atoms with Gasteiger partial charge in [0.15, 0.2) is 0 Å². The summed E-state index contributed by atoms with van der Waals surface area (Å²) in [6.07, 6.45) is 0. The van der Waals surface area contributed by atoms with Crippen molar-refractivity contribution in [3.05, 3.63) is 49.6 Å². The van der Waals surface area contributed by atoms with Crippen LogP contribution in [0.2, 0.25) is 5.02 Å². The zero-order valence-corrected chi connectivity index (χ0v) is 13.9. The molecule has 0 saturated heterocycles. The first-order valence-electron chi connectivity index (χ1n) is 5.92. The Morgan fingerprint density at radius 3 is 2.79 bits per heavy atom. The summed E-state index contributed by atoms with van der Waals surface area (Å²) >= 11 is 11.3. The molecule has 1 aromatic carbocycles. The van der Waals surface area contributed by atoms with Crippen molar-refractivity contribution in [1.82, 2.24) is 5.32 Å². The molecule has 0 aliphatic rings. The zero-order chi connectivity index (χ0) is 13.8. The van der Waals surface area contributed by atoms with E-state index in [-0.39, 0.29) is 6.04 Å². The second-order valence-electron chi connectivity index (χ2n) is 4.22. The lowest BCUT2D eigenvalue weighted by Crippen LogP contribution is -2.12. The first-order valence-corrected chi connectivity index (χ1v) is 7.97. The second kappa shape index (κ2) is 6.75. The lowest BCUT2D eigenvalue weighted by molar-refractivity contribution is 0.310. The minimum atomic E-state index is 0.278. The molecule has 1 atom stereocenters. The Hall–Kier alpha value is -0.550. The van der Waals surface area contributed by atoms with E-state index in [0.717, 1.165) is 20.7 Å². The molecule has 2 rings (SSSR count). The Labute approximate surface area is 130 Å². The molecule has 0 bridgehead atoms. The molecule has 0 amide bonds. The molecule has 102 valence electrons. The van der Waals surface area contributed by atoms with Crippen LogP contribution in [0, 0.1) is 0 Å². The molecule has 2 aromatic rings. The summed E-state index contributed by atoms with van der Waals surface area (Å²) in [7, 11) is 1.93. The molecule has 0 aliphatic carbocycles.